The van der Waals surface area contributed by atoms with E-state index in [1.165, 1.54) is 24.5 Å². The zero-order valence-electron chi connectivity index (χ0n) is 12.4. The molecule has 0 bridgehead atoms. The van der Waals surface area contributed by atoms with Gasteiger partial charge in [-0.15, -0.1) is 0 Å². The predicted molar refractivity (Wildman–Crippen MR) is 88.1 cm³/mol. The van der Waals surface area contributed by atoms with Gasteiger partial charge in [0, 0.05) is 28.9 Å². The Balaban J connectivity index is 0.000000177. The summed E-state index contributed by atoms with van der Waals surface area (Å²) in [6.45, 7) is 0. The fourth-order valence-corrected chi connectivity index (χ4v) is 1.98. The Morgan fingerprint density at radius 1 is 1.12 bits per heavy atom. The van der Waals surface area contributed by atoms with Crippen molar-refractivity contribution < 1.29 is 19.7 Å². The molecule has 122 valence electrons. The number of carbonyl (C=O) groups is 1. The third-order valence-electron chi connectivity index (χ3n) is 2.91. The molecule has 7 heteroatoms. The van der Waals surface area contributed by atoms with Crippen molar-refractivity contribution in [3.63, 3.8) is 0 Å². The minimum atomic E-state index is -0.813. The SMILES string of the molecule is O=C(OO)c1cccc(Cl)c1.[O-][n+]1ccc(-c2ccccn2)cc1. The second-order valence-corrected chi connectivity index (χ2v) is 4.99. The zero-order chi connectivity index (χ0) is 17.4. The molecule has 0 atom stereocenters. The van der Waals surface area contributed by atoms with Crippen LogP contribution in [0, 0.1) is 5.21 Å². The molecule has 0 aliphatic carbocycles. The molecule has 0 aliphatic rings. The predicted octanol–water partition coefficient (Wildman–Crippen LogP) is 3.35. The van der Waals surface area contributed by atoms with Crippen LogP contribution in [0.2, 0.25) is 5.02 Å². The highest BCUT2D eigenvalue weighted by atomic mass is 35.5. The molecule has 1 N–H and O–H groups in total. The van der Waals surface area contributed by atoms with Gasteiger partial charge in [-0.2, -0.15) is 9.99 Å². The largest absolute Gasteiger partial charge is 0.619 e. The molecule has 2 heterocycles. The zero-order valence-corrected chi connectivity index (χ0v) is 13.1. The van der Waals surface area contributed by atoms with E-state index < -0.39 is 5.97 Å². The summed E-state index contributed by atoms with van der Waals surface area (Å²) in [5.74, 6) is -0.813. The van der Waals surface area contributed by atoms with Gasteiger partial charge in [0.15, 0.2) is 12.4 Å². The number of pyridine rings is 2. The van der Waals surface area contributed by atoms with Gasteiger partial charge in [0.1, 0.15) is 0 Å². The molecule has 0 amide bonds. The van der Waals surface area contributed by atoms with E-state index in [1.807, 2.05) is 18.2 Å². The molecule has 6 nitrogen and oxygen atoms in total. The Labute approximate surface area is 143 Å². The highest BCUT2D eigenvalue weighted by Crippen LogP contribution is 2.13. The minimum Gasteiger partial charge on any atom is -0.619 e. The average Bonchev–Trinajstić information content (AvgIpc) is 2.63. The van der Waals surface area contributed by atoms with Gasteiger partial charge in [-0.1, -0.05) is 23.7 Å². The average molecular weight is 345 g/mol. The Kier molecular flexibility index (Phi) is 6.24. The number of halogens is 1. The minimum absolute atomic E-state index is 0.222. The molecular formula is C17H13ClN2O4. The van der Waals surface area contributed by atoms with Crippen molar-refractivity contribution in [2.75, 3.05) is 0 Å². The van der Waals surface area contributed by atoms with E-state index in [-0.39, 0.29) is 5.56 Å². The van der Waals surface area contributed by atoms with Gasteiger partial charge >= 0.3 is 5.97 Å². The van der Waals surface area contributed by atoms with Gasteiger partial charge in [0.2, 0.25) is 0 Å². The van der Waals surface area contributed by atoms with Crippen LogP contribution in [0.1, 0.15) is 10.4 Å². The van der Waals surface area contributed by atoms with E-state index in [0.717, 1.165) is 16.0 Å². The van der Waals surface area contributed by atoms with Crippen molar-refractivity contribution in [2.24, 2.45) is 0 Å². The van der Waals surface area contributed by atoms with E-state index >= 15 is 0 Å². The number of nitrogens with zero attached hydrogens (tertiary/aromatic N) is 2. The molecular weight excluding hydrogens is 332 g/mol. The second-order valence-electron chi connectivity index (χ2n) is 4.55. The van der Waals surface area contributed by atoms with Crippen LogP contribution < -0.4 is 4.73 Å². The monoisotopic (exact) mass is 344 g/mol. The van der Waals surface area contributed by atoms with Crippen molar-refractivity contribution in [3.8, 4) is 11.3 Å². The topological polar surface area (TPSA) is 86.4 Å². The van der Waals surface area contributed by atoms with Gasteiger partial charge in [0.25, 0.3) is 0 Å². The quantitative estimate of drug-likeness (QED) is 0.333. The maximum absolute atomic E-state index is 10.7. The number of carbonyl (C=O) groups excluding carboxylic acids is 1. The summed E-state index contributed by atoms with van der Waals surface area (Å²) in [5, 5.41) is 19.2. The molecule has 0 spiro atoms. The van der Waals surface area contributed by atoms with Crippen molar-refractivity contribution >= 4 is 17.6 Å². The van der Waals surface area contributed by atoms with Crippen molar-refractivity contribution in [1.82, 2.24) is 4.98 Å². The van der Waals surface area contributed by atoms with Gasteiger partial charge in [-0.3, -0.25) is 9.87 Å². The summed E-state index contributed by atoms with van der Waals surface area (Å²) >= 11 is 5.56. The van der Waals surface area contributed by atoms with Gasteiger partial charge in [-0.05, 0) is 30.3 Å². The van der Waals surface area contributed by atoms with E-state index in [2.05, 4.69) is 9.87 Å². The maximum atomic E-state index is 10.7. The normalized spacial score (nSPS) is 9.58. The molecule has 3 rings (SSSR count). The summed E-state index contributed by atoms with van der Waals surface area (Å²) in [5.41, 5.74) is 2.05. The molecule has 0 fully saturated rings. The maximum Gasteiger partial charge on any atom is 0.372 e. The van der Waals surface area contributed by atoms with Crippen molar-refractivity contribution in [3.05, 3.63) is 89.0 Å². The van der Waals surface area contributed by atoms with E-state index in [0.29, 0.717) is 5.02 Å². The van der Waals surface area contributed by atoms with E-state index in [4.69, 9.17) is 16.9 Å². The third kappa shape index (κ3) is 5.05. The smallest absolute Gasteiger partial charge is 0.372 e. The lowest BCUT2D eigenvalue weighted by atomic mass is 10.2. The first-order valence-electron chi connectivity index (χ1n) is 6.81. The van der Waals surface area contributed by atoms with Gasteiger partial charge in [-0.25, -0.2) is 4.79 Å². The number of aromatic nitrogens is 2. The lowest BCUT2D eigenvalue weighted by Crippen LogP contribution is -2.23. The molecule has 1 aromatic carbocycles. The summed E-state index contributed by atoms with van der Waals surface area (Å²) in [4.78, 5) is 18.3. The van der Waals surface area contributed by atoms with Crippen LogP contribution in [-0.2, 0) is 4.89 Å². The lowest BCUT2D eigenvalue weighted by molar-refractivity contribution is -0.605. The van der Waals surface area contributed by atoms with E-state index in [1.54, 1.807) is 30.5 Å². The number of hydrogen-bond acceptors (Lipinski definition) is 5. The van der Waals surface area contributed by atoms with Crippen LogP contribution in [0.5, 0.6) is 0 Å². The summed E-state index contributed by atoms with van der Waals surface area (Å²) in [7, 11) is 0. The molecule has 3 aromatic rings. The molecule has 0 saturated carbocycles. The Bertz CT molecular complexity index is 795. The first-order chi connectivity index (χ1) is 11.6. The highest BCUT2D eigenvalue weighted by Gasteiger charge is 2.05. The van der Waals surface area contributed by atoms with Crippen molar-refractivity contribution in [2.45, 2.75) is 0 Å². The first-order valence-corrected chi connectivity index (χ1v) is 7.19. The number of rotatable bonds is 2. The van der Waals surface area contributed by atoms with Crippen LogP contribution in [0.25, 0.3) is 11.3 Å². The van der Waals surface area contributed by atoms with Crippen LogP contribution in [0.15, 0.2) is 73.2 Å². The Morgan fingerprint density at radius 2 is 1.88 bits per heavy atom. The van der Waals surface area contributed by atoms with Crippen LogP contribution >= 0.6 is 11.6 Å². The Morgan fingerprint density at radius 3 is 2.46 bits per heavy atom. The molecule has 24 heavy (non-hydrogen) atoms. The fraction of sp³-hybridized carbons (Fsp3) is 0. The lowest BCUT2D eigenvalue weighted by Gasteiger charge is -1.99. The van der Waals surface area contributed by atoms with Crippen LogP contribution in [0.4, 0.5) is 0 Å². The summed E-state index contributed by atoms with van der Waals surface area (Å²) in [6, 6.07) is 15.3. The first kappa shape index (κ1) is 17.4. The molecule has 0 radical (unpaired) electrons. The molecule has 0 unspecified atom stereocenters. The van der Waals surface area contributed by atoms with Crippen LogP contribution in [-0.4, -0.2) is 16.2 Å². The number of benzene rings is 1. The summed E-state index contributed by atoms with van der Waals surface area (Å²) in [6.07, 6.45) is 4.65. The third-order valence-corrected chi connectivity index (χ3v) is 3.14. The number of hydrogen-bond donors (Lipinski definition) is 1. The summed E-state index contributed by atoms with van der Waals surface area (Å²) < 4.78 is 0.756. The molecule has 0 saturated heterocycles. The van der Waals surface area contributed by atoms with Crippen LogP contribution in [0.3, 0.4) is 0 Å². The van der Waals surface area contributed by atoms with E-state index in [9.17, 15) is 10.0 Å². The molecule has 0 aliphatic heterocycles. The van der Waals surface area contributed by atoms with Gasteiger partial charge < -0.3 is 5.21 Å². The standard InChI is InChI=1S/C10H8N2O.C7H5ClO3/c13-12-7-4-9(5-8-12)10-3-1-2-6-11-10;8-6-3-1-2-5(4-6)7(9)11-10/h1-8H;1-4,10H. The fourth-order valence-electron chi connectivity index (χ4n) is 1.79. The van der Waals surface area contributed by atoms with Crippen molar-refractivity contribution in [1.29, 1.82) is 0 Å². The second kappa shape index (κ2) is 8.61. The highest BCUT2D eigenvalue weighted by molar-refractivity contribution is 6.30. The van der Waals surface area contributed by atoms with Gasteiger partial charge in [0.05, 0.1) is 11.3 Å². The molecule has 2 aromatic heterocycles. The Hall–Kier alpha value is -2.96.